The molecule has 7 atom stereocenters. The molecular weight excluding hydrogens is 697 g/mol. The fraction of sp³-hybridized carbons (Fsp3) is 0.641. The van der Waals surface area contributed by atoms with Crippen molar-refractivity contribution in [2.75, 3.05) is 26.4 Å². The molecule has 5 N–H and O–H groups in total. The number of aromatic nitrogens is 1. The summed E-state index contributed by atoms with van der Waals surface area (Å²) in [4.78, 5) is 73.9. The van der Waals surface area contributed by atoms with Crippen LogP contribution in [0.25, 0.3) is 0 Å². The number of rotatable bonds is 18. The number of carbonyl (C=O) groups excluding carboxylic acids is 4. The van der Waals surface area contributed by atoms with Gasteiger partial charge in [-0.2, -0.15) is 0 Å². The molecule has 1 aromatic carbocycles. The Morgan fingerprint density at radius 2 is 1.74 bits per heavy atom. The minimum atomic E-state index is -0.964. The minimum Gasteiger partial charge on any atom is -0.481 e. The van der Waals surface area contributed by atoms with Crippen LogP contribution in [0.4, 0.5) is 5.69 Å². The highest BCUT2D eigenvalue weighted by Crippen LogP contribution is 2.32. The van der Waals surface area contributed by atoms with Crippen LogP contribution < -0.4 is 16.4 Å². The lowest BCUT2D eigenvalue weighted by Gasteiger charge is -2.43. The normalized spacial score (nSPS) is 19.7. The molecule has 2 heterocycles. The smallest absolute Gasteiger partial charge is 0.306 e. The number of benzene rings is 1. The van der Waals surface area contributed by atoms with E-state index in [9.17, 15) is 29.1 Å². The lowest BCUT2D eigenvalue weighted by Crippen LogP contribution is -2.62. The number of thiazole rings is 1. The zero-order chi connectivity index (χ0) is 39.6. The first kappa shape index (κ1) is 43.4. The summed E-state index contributed by atoms with van der Waals surface area (Å²) in [5.74, 6) is -3.27. The zero-order valence-electron chi connectivity index (χ0n) is 32.8. The van der Waals surface area contributed by atoms with Gasteiger partial charge < -0.3 is 31.1 Å². The summed E-state index contributed by atoms with van der Waals surface area (Å²) in [6, 6.07) is 5.52. The maximum Gasteiger partial charge on any atom is 0.306 e. The molecule has 3 rings (SSSR count). The molecule has 294 valence electrons. The third-order valence-corrected chi connectivity index (χ3v) is 11.7. The van der Waals surface area contributed by atoms with Gasteiger partial charge in [-0.05, 0) is 82.2 Å². The van der Waals surface area contributed by atoms with Crippen LogP contribution in [-0.2, 0) is 30.3 Å². The van der Waals surface area contributed by atoms with Gasteiger partial charge in [0, 0.05) is 43.5 Å². The molecule has 0 unspecified atom stereocenters. The number of esters is 1. The number of piperidine rings is 1. The summed E-state index contributed by atoms with van der Waals surface area (Å²) >= 11 is 1.17. The number of carboxylic acid groups (broad SMARTS) is 1. The van der Waals surface area contributed by atoms with E-state index >= 15 is 0 Å². The summed E-state index contributed by atoms with van der Waals surface area (Å²) in [6.07, 6.45) is 3.31. The van der Waals surface area contributed by atoms with Crippen LogP contribution in [0.5, 0.6) is 0 Å². The SMILES string of the molecule is CC[C@H](C)[C@H](NC(=O)[C@]1(C)CCCCN1C)C(=O)N(C)[C@H](C[C@@H](OC(C)=O)c1nc(C(=O)N[C@@H](Cc2ccc(N)cc2)C[C@H](C)C(=O)O)cs1)C(C)C. The van der Waals surface area contributed by atoms with Crippen molar-refractivity contribution in [1.29, 1.82) is 0 Å². The largest absolute Gasteiger partial charge is 0.481 e. The molecule has 13 nitrogen and oxygen atoms in total. The highest BCUT2D eigenvalue weighted by molar-refractivity contribution is 7.09. The summed E-state index contributed by atoms with van der Waals surface area (Å²) in [6.45, 7) is 13.6. The van der Waals surface area contributed by atoms with Crippen LogP contribution in [0.3, 0.4) is 0 Å². The van der Waals surface area contributed by atoms with Crippen molar-refractivity contribution in [1.82, 2.24) is 25.4 Å². The van der Waals surface area contributed by atoms with E-state index in [1.807, 2.05) is 53.8 Å². The summed E-state index contributed by atoms with van der Waals surface area (Å²) in [5.41, 5.74) is 6.72. The Kier molecular flexibility index (Phi) is 15.8. The highest BCUT2D eigenvalue weighted by Gasteiger charge is 2.42. The molecule has 0 bridgehead atoms. The van der Waals surface area contributed by atoms with Crippen LogP contribution in [0.15, 0.2) is 29.6 Å². The molecule has 1 aliphatic heterocycles. The Balaban J connectivity index is 1.83. The number of nitrogen functional groups attached to an aromatic ring is 1. The Hall–Kier alpha value is -4.04. The average Bonchev–Trinajstić information content (AvgIpc) is 3.60. The Morgan fingerprint density at radius 3 is 2.30 bits per heavy atom. The van der Waals surface area contributed by atoms with Crippen molar-refractivity contribution in [3.8, 4) is 0 Å². The van der Waals surface area contributed by atoms with E-state index in [1.54, 1.807) is 36.4 Å². The lowest BCUT2D eigenvalue weighted by atomic mass is 9.86. The molecule has 3 amide bonds. The maximum atomic E-state index is 14.3. The molecular formula is C39H60N6O7S. The number of anilines is 1. The predicted molar refractivity (Wildman–Crippen MR) is 206 cm³/mol. The van der Waals surface area contributed by atoms with Gasteiger partial charge in [-0.3, -0.25) is 28.9 Å². The van der Waals surface area contributed by atoms with Gasteiger partial charge in [0.2, 0.25) is 11.8 Å². The van der Waals surface area contributed by atoms with Crippen molar-refractivity contribution >= 4 is 46.7 Å². The van der Waals surface area contributed by atoms with Gasteiger partial charge in [-0.15, -0.1) is 11.3 Å². The van der Waals surface area contributed by atoms with Gasteiger partial charge in [-0.1, -0.05) is 53.2 Å². The average molecular weight is 757 g/mol. The van der Waals surface area contributed by atoms with Gasteiger partial charge in [0.05, 0.1) is 11.5 Å². The van der Waals surface area contributed by atoms with Crippen molar-refractivity contribution in [3.63, 3.8) is 0 Å². The molecule has 0 saturated carbocycles. The van der Waals surface area contributed by atoms with E-state index in [-0.39, 0.29) is 42.2 Å². The van der Waals surface area contributed by atoms with Gasteiger partial charge in [0.1, 0.15) is 16.7 Å². The summed E-state index contributed by atoms with van der Waals surface area (Å²) in [7, 11) is 3.66. The molecule has 1 saturated heterocycles. The van der Waals surface area contributed by atoms with Crippen molar-refractivity contribution in [2.24, 2.45) is 17.8 Å². The Bertz CT molecular complexity index is 1570. The second kappa shape index (κ2) is 19.3. The van der Waals surface area contributed by atoms with E-state index in [2.05, 4.69) is 20.5 Å². The highest BCUT2D eigenvalue weighted by atomic mass is 32.1. The number of hydrogen-bond acceptors (Lipinski definition) is 10. The number of hydrogen-bond donors (Lipinski definition) is 4. The summed E-state index contributed by atoms with van der Waals surface area (Å²) in [5, 5.41) is 17.6. The van der Waals surface area contributed by atoms with Crippen LogP contribution in [0.1, 0.15) is 114 Å². The van der Waals surface area contributed by atoms with Gasteiger partial charge in [0.15, 0.2) is 6.10 Å². The standard InChI is InChI=1S/C39H60N6O7S/c1-10-24(4)33(43-38(51)39(7)17-11-12-18-44(39)8)36(48)45(9)31(23(2)3)21-32(52-26(6)46)35-42-30(22-53-35)34(47)41-29(19-25(5)37(49)50)20-27-13-15-28(40)16-14-27/h13-16,22-25,29,31-33H,10-12,17-21,40H2,1-9H3,(H,41,47)(H,43,51)(H,49,50)/t24-,25-,29+,31+,32+,33-,39-/m0/s1. The van der Waals surface area contributed by atoms with E-state index in [0.717, 1.165) is 24.9 Å². The molecule has 14 heteroatoms. The van der Waals surface area contributed by atoms with E-state index in [4.69, 9.17) is 10.5 Å². The van der Waals surface area contributed by atoms with E-state index in [0.29, 0.717) is 30.0 Å². The number of aliphatic carboxylic acids is 1. The Morgan fingerprint density at radius 1 is 1.08 bits per heavy atom. The molecule has 0 aliphatic carbocycles. The number of nitrogens with two attached hydrogens (primary N) is 1. The maximum absolute atomic E-state index is 14.3. The number of ether oxygens (including phenoxy) is 1. The fourth-order valence-corrected chi connectivity index (χ4v) is 7.70. The van der Waals surface area contributed by atoms with Gasteiger partial charge >= 0.3 is 11.9 Å². The van der Waals surface area contributed by atoms with Crippen LogP contribution in [0.2, 0.25) is 0 Å². The van der Waals surface area contributed by atoms with E-state index in [1.165, 1.54) is 18.3 Å². The van der Waals surface area contributed by atoms with Crippen molar-refractivity contribution in [3.05, 3.63) is 45.9 Å². The summed E-state index contributed by atoms with van der Waals surface area (Å²) < 4.78 is 5.78. The van der Waals surface area contributed by atoms with E-state index < -0.39 is 53.5 Å². The van der Waals surface area contributed by atoms with Crippen LogP contribution in [0, 0.1) is 17.8 Å². The second-order valence-electron chi connectivity index (χ2n) is 15.2. The van der Waals surface area contributed by atoms with Gasteiger partial charge in [-0.25, -0.2) is 4.98 Å². The molecule has 53 heavy (non-hydrogen) atoms. The monoisotopic (exact) mass is 756 g/mol. The predicted octanol–water partition coefficient (Wildman–Crippen LogP) is 5.06. The first-order valence-corrected chi connectivity index (χ1v) is 19.5. The van der Waals surface area contributed by atoms with Gasteiger partial charge in [0.25, 0.3) is 5.91 Å². The molecule has 1 fully saturated rings. The number of nitrogens with one attached hydrogen (secondary N) is 2. The second-order valence-corrected chi connectivity index (χ2v) is 16.1. The molecule has 0 radical (unpaired) electrons. The number of likely N-dealkylation sites (N-methyl/N-ethyl adjacent to an activating group) is 2. The van der Waals surface area contributed by atoms with Crippen LogP contribution >= 0.6 is 11.3 Å². The first-order chi connectivity index (χ1) is 24.9. The molecule has 0 spiro atoms. The van der Waals surface area contributed by atoms with Crippen LogP contribution in [-0.4, -0.2) is 93.9 Å². The number of likely N-dealkylation sites (tertiary alicyclic amines) is 1. The number of carbonyl (C=O) groups is 5. The quantitative estimate of drug-likeness (QED) is 0.118. The van der Waals surface area contributed by atoms with Crippen molar-refractivity contribution in [2.45, 2.75) is 123 Å². The lowest BCUT2D eigenvalue weighted by molar-refractivity contribution is -0.149. The molecule has 1 aromatic heterocycles. The third kappa shape index (κ3) is 11.7. The molecule has 2 aromatic rings. The Labute approximate surface area is 318 Å². The van der Waals surface area contributed by atoms with Crippen molar-refractivity contribution < 1.29 is 33.8 Å². The number of nitrogens with zero attached hydrogens (tertiary/aromatic N) is 3. The topological polar surface area (TPSA) is 184 Å². The minimum absolute atomic E-state index is 0.0645. The first-order valence-electron chi connectivity index (χ1n) is 18.7. The zero-order valence-corrected chi connectivity index (χ0v) is 33.6. The number of carboxylic acids is 1. The third-order valence-electron chi connectivity index (χ3n) is 10.8. The number of amides is 3. The molecule has 1 aliphatic rings. The fourth-order valence-electron chi connectivity index (χ4n) is 6.86.